The first kappa shape index (κ1) is 11.7. The Balaban J connectivity index is 2.05. The Kier molecular flexibility index (Phi) is 5.12. The summed E-state index contributed by atoms with van der Waals surface area (Å²) in [6.45, 7) is 5.62. The standard InChI is InChI=1S/C11H20O3/c1-3-9(2)11(12)8-13-7-10-5-4-6-14-10/h9-10H,3-8H2,1-2H3. The molecule has 3 heteroatoms. The van der Waals surface area contributed by atoms with E-state index in [1.165, 1.54) is 0 Å². The van der Waals surface area contributed by atoms with Crippen molar-refractivity contribution in [2.45, 2.75) is 39.2 Å². The Morgan fingerprint density at radius 2 is 2.43 bits per heavy atom. The number of rotatable bonds is 6. The predicted octanol–water partition coefficient (Wildman–Crippen LogP) is 1.80. The maximum Gasteiger partial charge on any atom is 0.161 e. The number of ketones is 1. The van der Waals surface area contributed by atoms with Crippen molar-refractivity contribution < 1.29 is 14.3 Å². The van der Waals surface area contributed by atoms with E-state index in [0.29, 0.717) is 6.61 Å². The van der Waals surface area contributed by atoms with Gasteiger partial charge in [-0.1, -0.05) is 13.8 Å². The van der Waals surface area contributed by atoms with Crippen LogP contribution in [-0.2, 0) is 14.3 Å². The molecule has 0 bridgehead atoms. The van der Waals surface area contributed by atoms with E-state index in [2.05, 4.69) is 0 Å². The van der Waals surface area contributed by atoms with Crippen molar-refractivity contribution in [3.05, 3.63) is 0 Å². The van der Waals surface area contributed by atoms with Crippen molar-refractivity contribution >= 4 is 5.78 Å². The molecule has 82 valence electrons. The highest BCUT2D eigenvalue weighted by atomic mass is 16.5. The second-order valence-electron chi connectivity index (χ2n) is 3.93. The molecule has 3 nitrogen and oxygen atoms in total. The number of carbonyl (C=O) groups is 1. The zero-order chi connectivity index (χ0) is 10.4. The zero-order valence-electron chi connectivity index (χ0n) is 9.12. The van der Waals surface area contributed by atoms with Crippen molar-refractivity contribution in [3.63, 3.8) is 0 Å². The molecule has 1 aliphatic rings. The van der Waals surface area contributed by atoms with Gasteiger partial charge in [0.15, 0.2) is 5.78 Å². The third-order valence-electron chi connectivity index (χ3n) is 2.73. The van der Waals surface area contributed by atoms with Crippen molar-refractivity contribution in [1.29, 1.82) is 0 Å². The van der Waals surface area contributed by atoms with Gasteiger partial charge in [-0.05, 0) is 19.3 Å². The van der Waals surface area contributed by atoms with E-state index in [1.54, 1.807) is 0 Å². The number of carbonyl (C=O) groups excluding carboxylic acids is 1. The van der Waals surface area contributed by atoms with E-state index in [0.717, 1.165) is 25.9 Å². The molecule has 2 unspecified atom stereocenters. The molecule has 2 atom stereocenters. The quantitative estimate of drug-likeness (QED) is 0.656. The summed E-state index contributed by atoms with van der Waals surface area (Å²) in [6.07, 6.45) is 3.30. The largest absolute Gasteiger partial charge is 0.376 e. The lowest BCUT2D eigenvalue weighted by atomic mass is 10.1. The Bertz CT molecular complexity index is 173. The van der Waals surface area contributed by atoms with Gasteiger partial charge in [-0.25, -0.2) is 0 Å². The third-order valence-corrected chi connectivity index (χ3v) is 2.73. The molecule has 0 aromatic carbocycles. The van der Waals surface area contributed by atoms with E-state index >= 15 is 0 Å². The highest BCUT2D eigenvalue weighted by molar-refractivity contribution is 5.81. The second-order valence-corrected chi connectivity index (χ2v) is 3.93. The number of ether oxygens (including phenoxy) is 2. The smallest absolute Gasteiger partial charge is 0.161 e. The lowest BCUT2D eigenvalue weighted by Crippen LogP contribution is -2.21. The van der Waals surface area contributed by atoms with Crippen LogP contribution in [0.15, 0.2) is 0 Å². The molecule has 14 heavy (non-hydrogen) atoms. The number of hydrogen-bond donors (Lipinski definition) is 0. The van der Waals surface area contributed by atoms with E-state index in [-0.39, 0.29) is 24.4 Å². The van der Waals surface area contributed by atoms with E-state index in [1.807, 2.05) is 13.8 Å². The second kappa shape index (κ2) is 6.14. The molecule has 1 rings (SSSR count). The summed E-state index contributed by atoms with van der Waals surface area (Å²) in [6, 6.07) is 0. The minimum Gasteiger partial charge on any atom is -0.376 e. The first-order valence-electron chi connectivity index (χ1n) is 5.46. The summed E-state index contributed by atoms with van der Waals surface area (Å²) >= 11 is 0. The van der Waals surface area contributed by atoms with E-state index in [4.69, 9.17) is 9.47 Å². The minimum atomic E-state index is 0.125. The molecule has 0 aromatic heterocycles. The van der Waals surface area contributed by atoms with Gasteiger partial charge in [0, 0.05) is 12.5 Å². The molecule has 1 aliphatic heterocycles. The summed E-state index contributed by atoms with van der Waals surface area (Å²) in [7, 11) is 0. The van der Waals surface area contributed by atoms with Gasteiger partial charge in [0.1, 0.15) is 6.61 Å². The van der Waals surface area contributed by atoms with Crippen LogP contribution in [0.3, 0.4) is 0 Å². The van der Waals surface area contributed by atoms with Crippen LogP contribution < -0.4 is 0 Å². The molecule has 0 radical (unpaired) electrons. The van der Waals surface area contributed by atoms with Gasteiger partial charge in [-0.2, -0.15) is 0 Å². The first-order chi connectivity index (χ1) is 6.74. The van der Waals surface area contributed by atoms with Crippen molar-refractivity contribution in [1.82, 2.24) is 0 Å². The molecule has 0 spiro atoms. The Morgan fingerprint density at radius 3 is 3.00 bits per heavy atom. The first-order valence-corrected chi connectivity index (χ1v) is 5.46. The molecule has 1 fully saturated rings. The molecular formula is C11H20O3. The average Bonchev–Trinajstić information content (AvgIpc) is 2.69. The van der Waals surface area contributed by atoms with Crippen LogP contribution in [0.4, 0.5) is 0 Å². The molecule has 0 aliphatic carbocycles. The van der Waals surface area contributed by atoms with Crippen LogP contribution in [0.25, 0.3) is 0 Å². The number of Topliss-reactive ketones (excluding diaryl/α,β-unsaturated/α-hetero) is 1. The highest BCUT2D eigenvalue weighted by Gasteiger charge is 2.17. The lowest BCUT2D eigenvalue weighted by molar-refractivity contribution is -0.128. The maximum atomic E-state index is 11.4. The fourth-order valence-corrected chi connectivity index (χ4v) is 1.44. The lowest BCUT2D eigenvalue weighted by Gasteiger charge is -2.11. The van der Waals surface area contributed by atoms with Gasteiger partial charge in [0.2, 0.25) is 0 Å². The average molecular weight is 200 g/mol. The molecule has 0 N–H and O–H groups in total. The van der Waals surface area contributed by atoms with Crippen molar-refractivity contribution in [2.24, 2.45) is 5.92 Å². The van der Waals surface area contributed by atoms with Crippen molar-refractivity contribution in [2.75, 3.05) is 19.8 Å². The van der Waals surface area contributed by atoms with Crippen LogP contribution in [-0.4, -0.2) is 31.7 Å². The Morgan fingerprint density at radius 1 is 1.64 bits per heavy atom. The van der Waals surface area contributed by atoms with Gasteiger partial charge < -0.3 is 9.47 Å². The van der Waals surface area contributed by atoms with Crippen LogP contribution in [0.1, 0.15) is 33.1 Å². The highest BCUT2D eigenvalue weighted by Crippen LogP contribution is 2.12. The number of hydrogen-bond acceptors (Lipinski definition) is 3. The molecule has 0 aromatic rings. The molecular weight excluding hydrogens is 180 g/mol. The molecule has 1 saturated heterocycles. The molecule has 0 saturated carbocycles. The van der Waals surface area contributed by atoms with Crippen LogP contribution in [0.5, 0.6) is 0 Å². The Labute approximate surface area is 85.8 Å². The van der Waals surface area contributed by atoms with E-state index in [9.17, 15) is 4.79 Å². The fraction of sp³-hybridized carbons (Fsp3) is 0.909. The van der Waals surface area contributed by atoms with Crippen LogP contribution >= 0.6 is 0 Å². The summed E-state index contributed by atoms with van der Waals surface area (Å²) in [5.74, 6) is 0.324. The predicted molar refractivity (Wildman–Crippen MR) is 54.3 cm³/mol. The fourth-order valence-electron chi connectivity index (χ4n) is 1.44. The summed E-state index contributed by atoms with van der Waals surface area (Å²) in [5, 5.41) is 0. The summed E-state index contributed by atoms with van der Waals surface area (Å²) in [4.78, 5) is 11.4. The van der Waals surface area contributed by atoms with Gasteiger partial charge >= 0.3 is 0 Å². The zero-order valence-corrected chi connectivity index (χ0v) is 9.12. The van der Waals surface area contributed by atoms with Crippen molar-refractivity contribution in [3.8, 4) is 0 Å². The van der Waals surface area contributed by atoms with E-state index < -0.39 is 0 Å². The monoisotopic (exact) mass is 200 g/mol. The SMILES string of the molecule is CCC(C)C(=O)COCC1CCCO1. The topological polar surface area (TPSA) is 35.5 Å². The normalized spacial score (nSPS) is 23.7. The maximum absolute atomic E-state index is 11.4. The van der Waals surface area contributed by atoms with Crippen LogP contribution in [0.2, 0.25) is 0 Å². The van der Waals surface area contributed by atoms with Gasteiger partial charge in [-0.15, -0.1) is 0 Å². The van der Waals surface area contributed by atoms with Gasteiger partial charge in [0.25, 0.3) is 0 Å². The van der Waals surface area contributed by atoms with Gasteiger partial charge in [-0.3, -0.25) is 4.79 Å². The third kappa shape index (κ3) is 3.76. The van der Waals surface area contributed by atoms with Gasteiger partial charge in [0.05, 0.1) is 12.7 Å². The Hall–Kier alpha value is -0.410. The summed E-state index contributed by atoms with van der Waals surface area (Å²) < 4.78 is 10.7. The molecule has 0 amide bonds. The summed E-state index contributed by atoms with van der Waals surface area (Å²) in [5.41, 5.74) is 0. The minimum absolute atomic E-state index is 0.125. The molecule has 1 heterocycles. The van der Waals surface area contributed by atoms with Crippen LogP contribution in [0, 0.1) is 5.92 Å².